The maximum atomic E-state index is 5.97. The van der Waals surface area contributed by atoms with E-state index in [4.69, 9.17) is 4.74 Å². The first-order valence-electron chi connectivity index (χ1n) is 6.59. The third-order valence-electron chi connectivity index (χ3n) is 3.28. The third kappa shape index (κ3) is 4.19. The Morgan fingerprint density at radius 2 is 1.63 bits per heavy atom. The van der Waals surface area contributed by atoms with Gasteiger partial charge in [0.1, 0.15) is 0 Å². The van der Waals surface area contributed by atoms with Crippen LogP contribution < -0.4 is 0 Å². The molecule has 0 aromatic heterocycles. The predicted octanol–water partition coefficient (Wildman–Crippen LogP) is 5.33. The molecule has 2 unspecified atom stereocenters. The molecule has 0 N–H and O–H groups in total. The summed E-state index contributed by atoms with van der Waals surface area (Å²) < 4.78 is 7.09. The van der Waals surface area contributed by atoms with E-state index in [0.717, 1.165) is 11.1 Å². The molecule has 0 saturated heterocycles. The summed E-state index contributed by atoms with van der Waals surface area (Å²) >= 11 is 3.51. The second-order valence-electron chi connectivity index (χ2n) is 4.84. The molecule has 2 heteroatoms. The number of hydrogen-bond donors (Lipinski definition) is 0. The van der Waals surface area contributed by atoms with Crippen LogP contribution in [-0.2, 0) is 4.74 Å². The minimum atomic E-state index is 0.135. The lowest BCUT2D eigenvalue weighted by Gasteiger charge is -2.18. The lowest BCUT2D eigenvalue weighted by atomic mass is 10.0. The van der Waals surface area contributed by atoms with Gasteiger partial charge in [0.15, 0.2) is 0 Å². The summed E-state index contributed by atoms with van der Waals surface area (Å²) in [6.45, 7) is 5.02. The lowest BCUT2D eigenvalue weighted by Crippen LogP contribution is -2.08. The highest BCUT2D eigenvalue weighted by Gasteiger charge is 2.10. The largest absolute Gasteiger partial charge is 0.373 e. The van der Waals surface area contributed by atoms with Crippen LogP contribution in [0.1, 0.15) is 37.0 Å². The van der Waals surface area contributed by atoms with Gasteiger partial charge in [-0.2, -0.15) is 0 Å². The Morgan fingerprint density at radius 3 is 2.32 bits per heavy atom. The van der Waals surface area contributed by atoms with Gasteiger partial charge in [-0.1, -0.05) is 65.3 Å². The number of ether oxygens (including phenoxy) is 1. The van der Waals surface area contributed by atoms with E-state index < -0.39 is 0 Å². The summed E-state index contributed by atoms with van der Waals surface area (Å²) in [5.74, 6) is 0.392. The molecular weight excluding hydrogens is 300 g/mol. The van der Waals surface area contributed by atoms with Crippen LogP contribution in [0.25, 0.3) is 0 Å². The highest BCUT2D eigenvalue weighted by atomic mass is 79.9. The maximum absolute atomic E-state index is 5.97. The quantitative estimate of drug-likeness (QED) is 0.724. The molecule has 0 saturated carbocycles. The second kappa shape index (κ2) is 6.88. The normalized spacial score (nSPS) is 14.1. The highest BCUT2D eigenvalue weighted by Crippen LogP contribution is 2.23. The van der Waals surface area contributed by atoms with Crippen LogP contribution in [0.4, 0.5) is 0 Å². The highest BCUT2D eigenvalue weighted by molar-refractivity contribution is 9.10. The van der Waals surface area contributed by atoms with Gasteiger partial charge in [-0.05, 0) is 30.2 Å². The summed E-state index contributed by atoms with van der Waals surface area (Å²) in [5, 5.41) is 0. The average molecular weight is 319 g/mol. The number of benzene rings is 2. The van der Waals surface area contributed by atoms with Crippen LogP contribution in [0, 0.1) is 0 Å². The van der Waals surface area contributed by atoms with Crippen molar-refractivity contribution in [2.24, 2.45) is 0 Å². The third-order valence-corrected chi connectivity index (χ3v) is 3.78. The van der Waals surface area contributed by atoms with Gasteiger partial charge in [0.05, 0.1) is 12.7 Å². The Labute approximate surface area is 123 Å². The maximum Gasteiger partial charge on any atom is 0.0797 e. The van der Waals surface area contributed by atoms with Gasteiger partial charge in [-0.15, -0.1) is 0 Å². The zero-order valence-corrected chi connectivity index (χ0v) is 12.9. The van der Waals surface area contributed by atoms with Gasteiger partial charge in [0.2, 0.25) is 0 Å². The van der Waals surface area contributed by atoms with Crippen molar-refractivity contribution < 1.29 is 4.74 Å². The van der Waals surface area contributed by atoms with Crippen molar-refractivity contribution in [3.8, 4) is 0 Å². The Balaban J connectivity index is 1.92. The fraction of sp³-hybridized carbons (Fsp3) is 0.294. The molecule has 0 radical (unpaired) electrons. The van der Waals surface area contributed by atoms with Crippen LogP contribution >= 0.6 is 15.9 Å². The van der Waals surface area contributed by atoms with Crippen LogP contribution in [0.3, 0.4) is 0 Å². The van der Waals surface area contributed by atoms with Crippen molar-refractivity contribution in [3.63, 3.8) is 0 Å². The number of halogens is 1. The average Bonchev–Trinajstić information content (AvgIpc) is 2.45. The Kier molecular flexibility index (Phi) is 5.17. The van der Waals surface area contributed by atoms with E-state index in [-0.39, 0.29) is 6.10 Å². The van der Waals surface area contributed by atoms with Crippen molar-refractivity contribution in [3.05, 3.63) is 70.2 Å². The number of hydrogen-bond acceptors (Lipinski definition) is 1. The topological polar surface area (TPSA) is 9.23 Å². The molecule has 0 aliphatic carbocycles. The number of rotatable bonds is 5. The molecule has 0 aliphatic rings. The lowest BCUT2D eigenvalue weighted by molar-refractivity contribution is 0.0575. The van der Waals surface area contributed by atoms with Crippen molar-refractivity contribution in [2.45, 2.75) is 25.9 Å². The fourth-order valence-corrected chi connectivity index (χ4v) is 2.44. The molecule has 0 amide bonds. The Bertz CT molecular complexity index is 510. The van der Waals surface area contributed by atoms with Gasteiger partial charge in [-0.3, -0.25) is 0 Å². The molecule has 2 aromatic rings. The van der Waals surface area contributed by atoms with Gasteiger partial charge in [0, 0.05) is 10.4 Å². The van der Waals surface area contributed by atoms with Crippen LogP contribution in [0.2, 0.25) is 0 Å². The minimum absolute atomic E-state index is 0.135. The SMILES string of the molecule is CC(COC(C)c1ccccc1)c1cccc(Br)c1. The van der Waals surface area contributed by atoms with E-state index in [9.17, 15) is 0 Å². The van der Waals surface area contributed by atoms with Crippen molar-refractivity contribution >= 4 is 15.9 Å². The molecule has 0 heterocycles. The van der Waals surface area contributed by atoms with Gasteiger partial charge >= 0.3 is 0 Å². The Hall–Kier alpha value is -1.12. The van der Waals surface area contributed by atoms with Gasteiger partial charge < -0.3 is 4.74 Å². The van der Waals surface area contributed by atoms with Crippen LogP contribution in [0.15, 0.2) is 59.1 Å². The molecule has 100 valence electrons. The summed E-state index contributed by atoms with van der Waals surface area (Å²) in [6, 6.07) is 18.7. The fourth-order valence-electron chi connectivity index (χ4n) is 2.02. The first-order valence-corrected chi connectivity index (χ1v) is 7.38. The molecular formula is C17H19BrO. The first kappa shape index (κ1) is 14.3. The second-order valence-corrected chi connectivity index (χ2v) is 5.76. The minimum Gasteiger partial charge on any atom is -0.373 e. The van der Waals surface area contributed by atoms with Gasteiger partial charge in [-0.25, -0.2) is 0 Å². The molecule has 2 atom stereocenters. The van der Waals surface area contributed by atoms with Gasteiger partial charge in [0.25, 0.3) is 0 Å². The molecule has 0 fully saturated rings. The van der Waals surface area contributed by atoms with E-state index in [2.05, 4.69) is 60.1 Å². The standard InChI is InChI=1S/C17H19BrO/c1-13(16-9-6-10-17(18)11-16)12-19-14(2)15-7-4-3-5-8-15/h3-11,13-14H,12H2,1-2H3. The van der Waals surface area contributed by atoms with Crippen LogP contribution in [-0.4, -0.2) is 6.61 Å². The zero-order valence-electron chi connectivity index (χ0n) is 11.3. The molecule has 0 bridgehead atoms. The predicted molar refractivity (Wildman–Crippen MR) is 83.4 cm³/mol. The summed E-state index contributed by atoms with van der Waals surface area (Å²) in [6.07, 6.45) is 0.135. The molecule has 0 aliphatic heterocycles. The zero-order chi connectivity index (χ0) is 13.7. The van der Waals surface area contributed by atoms with E-state index in [0.29, 0.717) is 5.92 Å². The molecule has 2 aromatic carbocycles. The van der Waals surface area contributed by atoms with E-state index >= 15 is 0 Å². The van der Waals surface area contributed by atoms with E-state index in [1.54, 1.807) is 0 Å². The van der Waals surface area contributed by atoms with E-state index in [1.165, 1.54) is 11.1 Å². The summed E-state index contributed by atoms with van der Waals surface area (Å²) in [4.78, 5) is 0. The molecule has 2 rings (SSSR count). The van der Waals surface area contributed by atoms with Crippen molar-refractivity contribution in [2.75, 3.05) is 6.61 Å². The molecule has 19 heavy (non-hydrogen) atoms. The molecule has 0 spiro atoms. The monoisotopic (exact) mass is 318 g/mol. The first-order chi connectivity index (χ1) is 9.16. The van der Waals surface area contributed by atoms with E-state index in [1.807, 2.05) is 24.3 Å². The summed E-state index contributed by atoms with van der Waals surface area (Å²) in [5.41, 5.74) is 2.53. The summed E-state index contributed by atoms with van der Waals surface area (Å²) in [7, 11) is 0. The smallest absolute Gasteiger partial charge is 0.0797 e. The van der Waals surface area contributed by atoms with Crippen molar-refractivity contribution in [1.29, 1.82) is 0 Å². The Morgan fingerprint density at radius 1 is 0.947 bits per heavy atom. The molecule has 1 nitrogen and oxygen atoms in total. The van der Waals surface area contributed by atoms with Crippen molar-refractivity contribution in [1.82, 2.24) is 0 Å². The van der Waals surface area contributed by atoms with Crippen LogP contribution in [0.5, 0.6) is 0 Å².